The highest BCUT2D eigenvalue weighted by Gasteiger charge is 2.01. The van der Waals surface area contributed by atoms with Crippen LogP contribution in [0.25, 0.3) is 0 Å². The van der Waals surface area contributed by atoms with E-state index in [0.717, 1.165) is 12.3 Å². The number of aromatic nitrogens is 2. The summed E-state index contributed by atoms with van der Waals surface area (Å²) < 4.78 is 1.80. The first-order chi connectivity index (χ1) is 5.74. The van der Waals surface area contributed by atoms with Crippen LogP contribution >= 0.6 is 11.8 Å². The monoisotopic (exact) mass is 184 g/mol. The van der Waals surface area contributed by atoms with Crippen LogP contribution in [0.4, 0.5) is 0 Å². The maximum Gasteiger partial charge on any atom is 0.162 e. The number of carbonyl (C=O) groups is 1. The fourth-order valence-electron chi connectivity index (χ4n) is 0.852. The summed E-state index contributed by atoms with van der Waals surface area (Å²) in [5, 5.41) is 4.06. The van der Waals surface area contributed by atoms with Gasteiger partial charge < -0.3 is 0 Å². The van der Waals surface area contributed by atoms with E-state index >= 15 is 0 Å². The van der Waals surface area contributed by atoms with Crippen molar-refractivity contribution in [1.29, 1.82) is 0 Å². The van der Waals surface area contributed by atoms with Gasteiger partial charge in [0.25, 0.3) is 0 Å². The van der Waals surface area contributed by atoms with Crippen LogP contribution in [-0.2, 0) is 6.54 Å². The van der Waals surface area contributed by atoms with Crippen molar-refractivity contribution in [3.8, 4) is 0 Å². The van der Waals surface area contributed by atoms with Gasteiger partial charge in [-0.1, -0.05) is 0 Å². The zero-order chi connectivity index (χ0) is 8.97. The highest BCUT2D eigenvalue weighted by Crippen LogP contribution is 2.00. The van der Waals surface area contributed by atoms with Gasteiger partial charge in [-0.15, -0.1) is 0 Å². The molecule has 0 N–H and O–H groups in total. The molecule has 0 amide bonds. The summed E-state index contributed by atoms with van der Waals surface area (Å²) in [4.78, 5) is 10.9. The molecule has 0 atom stereocenters. The maximum absolute atomic E-state index is 10.9. The van der Waals surface area contributed by atoms with E-state index in [1.54, 1.807) is 35.8 Å². The van der Waals surface area contributed by atoms with E-state index in [2.05, 4.69) is 11.4 Å². The number of nitrogens with zero attached hydrogens (tertiary/aromatic N) is 2. The smallest absolute Gasteiger partial charge is 0.162 e. The first-order valence-corrected chi connectivity index (χ1v) is 5.15. The molecule has 0 saturated heterocycles. The average Bonchev–Trinajstić information content (AvgIpc) is 2.48. The Kier molecular flexibility index (Phi) is 3.34. The third-order valence-electron chi connectivity index (χ3n) is 1.56. The minimum Gasteiger partial charge on any atom is -0.294 e. The van der Waals surface area contributed by atoms with Gasteiger partial charge in [-0.05, 0) is 13.2 Å². The van der Waals surface area contributed by atoms with E-state index in [1.165, 1.54) is 0 Å². The molecule has 0 aliphatic carbocycles. The van der Waals surface area contributed by atoms with Crippen molar-refractivity contribution in [3.63, 3.8) is 0 Å². The summed E-state index contributed by atoms with van der Waals surface area (Å²) in [5.41, 5.74) is 0.691. The first-order valence-electron chi connectivity index (χ1n) is 3.76. The summed E-state index contributed by atoms with van der Waals surface area (Å²) in [7, 11) is 0. The van der Waals surface area contributed by atoms with Crippen molar-refractivity contribution in [2.45, 2.75) is 13.5 Å². The van der Waals surface area contributed by atoms with Crippen LogP contribution in [0.2, 0.25) is 0 Å². The normalized spacial score (nSPS) is 10.2. The van der Waals surface area contributed by atoms with Crippen LogP contribution in [0, 0.1) is 0 Å². The number of aryl methyl sites for hydroxylation is 1. The van der Waals surface area contributed by atoms with E-state index in [4.69, 9.17) is 0 Å². The first kappa shape index (κ1) is 9.32. The van der Waals surface area contributed by atoms with Crippen LogP contribution in [0.1, 0.15) is 17.3 Å². The molecule has 0 aromatic carbocycles. The highest BCUT2D eigenvalue weighted by molar-refractivity contribution is 7.98. The summed E-state index contributed by atoms with van der Waals surface area (Å²) in [5.74, 6) is 1.10. The lowest BCUT2D eigenvalue weighted by Crippen LogP contribution is -2.00. The van der Waals surface area contributed by atoms with Gasteiger partial charge in [-0.2, -0.15) is 16.9 Å². The Bertz CT molecular complexity index is 270. The third-order valence-corrected chi connectivity index (χ3v) is 2.16. The average molecular weight is 184 g/mol. The number of ketones is 1. The van der Waals surface area contributed by atoms with Crippen LogP contribution in [-0.4, -0.2) is 27.6 Å². The molecule has 0 radical (unpaired) electrons. The van der Waals surface area contributed by atoms with Crippen LogP contribution in [0.15, 0.2) is 12.4 Å². The lowest BCUT2D eigenvalue weighted by atomic mass is 10.3. The van der Waals surface area contributed by atoms with E-state index in [9.17, 15) is 4.79 Å². The van der Waals surface area contributed by atoms with Crippen molar-refractivity contribution in [2.24, 2.45) is 0 Å². The summed E-state index contributed by atoms with van der Waals surface area (Å²) in [6.07, 6.45) is 5.45. The van der Waals surface area contributed by atoms with Gasteiger partial charge in [-0.3, -0.25) is 9.48 Å². The number of carbonyl (C=O) groups excluding carboxylic acids is 1. The van der Waals surface area contributed by atoms with Crippen molar-refractivity contribution in [1.82, 2.24) is 9.78 Å². The lowest BCUT2D eigenvalue weighted by molar-refractivity contribution is 0.101. The molecule has 1 aromatic rings. The second-order valence-electron chi connectivity index (χ2n) is 2.54. The predicted molar refractivity (Wildman–Crippen MR) is 50.6 cm³/mol. The van der Waals surface area contributed by atoms with Crippen molar-refractivity contribution < 1.29 is 4.79 Å². The quantitative estimate of drug-likeness (QED) is 0.664. The SMILES string of the molecule is CSCCn1cc(C(C)=O)cn1. The number of Topliss-reactive ketones (excluding diaryl/α,β-unsaturated/α-hetero) is 1. The highest BCUT2D eigenvalue weighted by atomic mass is 32.2. The molecule has 1 aromatic heterocycles. The maximum atomic E-state index is 10.9. The topological polar surface area (TPSA) is 34.9 Å². The second kappa shape index (κ2) is 4.30. The van der Waals surface area contributed by atoms with Gasteiger partial charge in [0.05, 0.1) is 11.8 Å². The number of hydrogen-bond acceptors (Lipinski definition) is 3. The zero-order valence-corrected chi connectivity index (χ0v) is 8.10. The largest absolute Gasteiger partial charge is 0.294 e. The molecule has 1 heterocycles. The molecule has 1 rings (SSSR count). The molecule has 0 saturated carbocycles. The van der Waals surface area contributed by atoms with Crippen molar-refractivity contribution in [2.75, 3.05) is 12.0 Å². The minimum atomic E-state index is 0.0744. The molecule has 0 fully saturated rings. The summed E-state index contributed by atoms with van der Waals surface area (Å²) in [6.45, 7) is 2.42. The summed E-state index contributed by atoms with van der Waals surface area (Å²) >= 11 is 1.77. The molecule has 0 spiro atoms. The molecule has 4 heteroatoms. The predicted octanol–water partition coefficient (Wildman–Crippen LogP) is 1.45. The van der Waals surface area contributed by atoms with E-state index in [-0.39, 0.29) is 5.78 Å². The Morgan fingerprint density at radius 2 is 2.50 bits per heavy atom. The van der Waals surface area contributed by atoms with Crippen LogP contribution in [0.5, 0.6) is 0 Å². The van der Waals surface area contributed by atoms with Gasteiger partial charge in [0, 0.05) is 18.5 Å². The van der Waals surface area contributed by atoms with E-state index < -0.39 is 0 Å². The molecular formula is C8H12N2OS. The Balaban J connectivity index is 2.58. The van der Waals surface area contributed by atoms with E-state index in [0.29, 0.717) is 5.56 Å². The second-order valence-corrected chi connectivity index (χ2v) is 3.53. The number of thioether (sulfide) groups is 1. The molecule has 0 bridgehead atoms. The molecule has 0 aliphatic heterocycles. The van der Waals surface area contributed by atoms with E-state index in [1.807, 2.05) is 0 Å². The molecule has 0 aliphatic rings. The number of rotatable bonds is 4. The summed E-state index contributed by atoms with van der Waals surface area (Å²) in [6, 6.07) is 0. The molecule has 3 nitrogen and oxygen atoms in total. The van der Waals surface area contributed by atoms with Gasteiger partial charge >= 0.3 is 0 Å². The van der Waals surface area contributed by atoms with Gasteiger partial charge in [0.15, 0.2) is 5.78 Å². The molecular weight excluding hydrogens is 172 g/mol. The standard InChI is InChI=1S/C8H12N2OS/c1-7(11)8-5-9-10(6-8)3-4-12-2/h5-6H,3-4H2,1-2H3. The Morgan fingerprint density at radius 3 is 3.00 bits per heavy atom. The fraction of sp³-hybridized carbons (Fsp3) is 0.500. The van der Waals surface area contributed by atoms with Gasteiger partial charge in [0.1, 0.15) is 0 Å². The van der Waals surface area contributed by atoms with Crippen LogP contribution < -0.4 is 0 Å². The van der Waals surface area contributed by atoms with Crippen LogP contribution in [0.3, 0.4) is 0 Å². The minimum absolute atomic E-state index is 0.0744. The Labute approximate surface area is 76.1 Å². The molecule has 66 valence electrons. The zero-order valence-electron chi connectivity index (χ0n) is 7.28. The number of hydrogen-bond donors (Lipinski definition) is 0. The Hall–Kier alpha value is -0.770. The Morgan fingerprint density at radius 1 is 1.75 bits per heavy atom. The lowest BCUT2D eigenvalue weighted by Gasteiger charge is -1.96. The van der Waals surface area contributed by atoms with Gasteiger partial charge in [-0.25, -0.2) is 0 Å². The third kappa shape index (κ3) is 2.37. The van der Waals surface area contributed by atoms with Gasteiger partial charge in [0.2, 0.25) is 0 Å². The molecule has 12 heavy (non-hydrogen) atoms. The van der Waals surface area contributed by atoms with Crippen molar-refractivity contribution in [3.05, 3.63) is 18.0 Å². The van der Waals surface area contributed by atoms with Crippen molar-refractivity contribution >= 4 is 17.5 Å². The fourth-order valence-corrected chi connectivity index (χ4v) is 1.22. The molecule has 0 unspecified atom stereocenters.